The summed E-state index contributed by atoms with van der Waals surface area (Å²) in [5.41, 5.74) is 0.301. The third kappa shape index (κ3) is 3.43. The number of hydrogen-bond acceptors (Lipinski definition) is 5. The number of aliphatic hydroxyl groups is 1. The summed E-state index contributed by atoms with van der Waals surface area (Å²) in [5.74, 6) is 0.0450. The lowest BCUT2D eigenvalue weighted by Crippen LogP contribution is -2.17. The second-order valence-electron chi connectivity index (χ2n) is 3.09. The van der Waals surface area contributed by atoms with Crippen molar-refractivity contribution in [3.63, 3.8) is 0 Å². The molecule has 0 radical (unpaired) electrons. The molecule has 17 heavy (non-hydrogen) atoms. The lowest BCUT2D eigenvalue weighted by atomic mass is 10.2. The Kier molecular flexibility index (Phi) is 4.92. The Balaban J connectivity index is 3.09. The second-order valence-corrected chi connectivity index (χ2v) is 4.23. The minimum atomic E-state index is -0.507. The molecule has 1 aromatic rings. The van der Waals surface area contributed by atoms with Crippen LogP contribution in [0.2, 0.25) is 0 Å². The number of nitrogens with zero attached hydrogens (tertiary/aromatic N) is 1. The molecule has 1 aromatic carbocycles. The lowest BCUT2D eigenvalue weighted by Gasteiger charge is -2.04. The molecular weight excluding hydrogens is 244 g/mol. The standard InChI is InChI=1S/C10H12N2O4S/c1-11-10(14)7-2-3-8(12(15)16)9(6-7)17-5-4-13/h2-3,6,13H,4-5H2,1H3,(H,11,14). The van der Waals surface area contributed by atoms with E-state index >= 15 is 0 Å². The summed E-state index contributed by atoms with van der Waals surface area (Å²) in [7, 11) is 1.49. The van der Waals surface area contributed by atoms with Crippen molar-refractivity contribution >= 4 is 23.4 Å². The number of nitro groups is 1. The summed E-state index contributed by atoms with van der Waals surface area (Å²) >= 11 is 1.15. The van der Waals surface area contributed by atoms with E-state index in [2.05, 4.69) is 5.32 Å². The molecule has 0 aliphatic carbocycles. The summed E-state index contributed by atoms with van der Waals surface area (Å²) in [4.78, 5) is 22.0. The number of rotatable bonds is 5. The highest BCUT2D eigenvalue weighted by atomic mass is 32.2. The van der Waals surface area contributed by atoms with E-state index in [4.69, 9.17) is 5.11 Å². The van der Waals surface area contributed by atoms with E-state index in [-0.39, 0.29) is 18.2 Å². The van der Waals surface area contributed by atoms with Gasteiger partial charge in [0, 0.05) is 24.4 Å². The molecule has 2 N–H and O–H groups in total. The molecule has 0 saturated heterocycles. The number of amides is 1. The third-order valence-electron chi connectivity index (χ3n) is 1.99. The van der Waals surface area contributed by atoms with E-state index in [0.717, 1.165) is 11.8 Å². The maximum atomic E-state index is 11.4. The van der Waals surface area contributed by atoms with Crippen LogP contribution < -0.4 is 5.32 Å². The summed E-state index contributed by atoms with van der Waals surface area (Å²) in [6.07, 6.45) is 0. The van der Waals surface area contributed by atoms with E-state index in [1.807, 2.05) is 0 Å². The molecule has 0 unspecified atom stereocenters. The fourth-order valence-electron chi connectivity index (χ4n) is 1.22. The summed E-state index contributed by atoms with van der Waals surface area (Å²) in [6, 6.07) is 4.15. The van der Waals surface area contributed by atoms with Crippen LogP contribution in [0.4, 0.5) is 5.69 Å². The molecule has 0 heterocycles. The SMILES string of the molecule is CNC(=O)c1ccc([N+](=O)[O-])c(SCCO)c1. The van der Waals surface area contributed by atoms with Crippen molar-refractivity contribution in [1.82, 2.24) is 5.32 Å². The zero-order valence-electron chi connectivity index (χ0n) is 9.17. The number of thioether (sulfide) groups is 1. The second kappa shape index (κ2) is 6.21. The fourth-order valence-corrected chi connectivity index (χ4v) is 2.03. The van der Waals surface area contributed by atoms with Gasteiger partial charge in [0.05, 0.1) is 16.4 Å². The average Bonchev–Trinajstić information content (AvgIpc) is 2.34. The third-order valence-corrected chi connectivity index (χ3v) is 3.02. The van der Waals surface area contributed by atoms with Gasteiger partial charge in [-0.05, 0) is 12.1 Å². The van der Waals surface area contributed by atoms with Crippen LogP contribution in [-0.4, -0.2) is 35.3 Å². The number of nitro benzene ring substituents is 1. The van der Waals surface area contributed by atoms with Crippen LogP contribution in [0, 0.1) is 10.1 Å². The Hall–Kier alpha value is -1.60. The minimum Gasteiger partial charge on any atom is -0.396 e. The van der Waals surface area contributed by atoms with Gasteiger partial charge in [-0.25, -0.2) is 0 Å². The maximum Gasteiger partial charge on any atom is 0.282 e. The lowest BCUT2D eigenvalue weighted by molar-refractivity contribution is -0.387. The van der Waals surface area contributed by atoms with E-state index in [0.29, 0.717) is 16.2 Å². The van der Waals surface area contributed by atoms with Crippen molar-refractivity contribution < 1.29 is 14.8 Å². The van der Waals surface area contributed by atoms with Crippen LogP contribution in [0.1, 0.15) is 10.4 Å². The molecule has 0 saturated carbocycles. The predicted molar refractivity (Wildman–Crippen MR) is 64.3 cm³/mol. The van der Waals surface area contributed by atoms with Gasteiger partial charge in [-0.15, -0.1) is 11.8 Å². The quantitative estimate of drug-likeness (QED) is 0.466. The molecule has 0 spiro atoms. The van der Waals surface area contributed by atoms with Crippen molar-refractivity contribution in [3.05, 3.63) is 33.9 Å². The molecule has 1 amide bonds. The number of carbonyl (C=O) groups is 1. The van der Waals surface area contributed by atoms with Crippen molar-refractivity contribution in [2.45, 2.75) is 4.90 Å². The van der Waals surface area contributed by atoms with Crippen LogP contribution in [0.15, 0.2) is 23.1 Å². The van der Waals surface area contributed by atoms with Gasteiger partial charge in [-0.2, -0.15) is 0 Å². The monoisotopic (exact) mass is 256 g/mol. The van der Waals surface area contributed by atoms with Crippen molar-refractivity contribution in [2.75, 3.05) is 19.4 Å². The van der Waals surface area contributed by atoms with E-state index < -0.39 is 4.92 Å². The first kappa shape index (κ1) is 13.5. The summed E-state index contributed by atoms with van der Waals surface area (Å²) < 4.78 is 0. The van der Waals surface area contributed by atoms with Crippen LogP contribution in [-0.2, 0) is 0 Å². The average molecular weight is 256 g/mol. The van der Waals surface area contributed by atoms with E-state index in [9.17, 15) is 14.9 Å². The van der Waals surface area contributed by atoms with Gasteiger partial charge >= 0.3 is 0 Å². The van der Waals surface area contributed by atoms with Gasteiger partial charge in [-0.3, -0.25) is 14.9 Å². The molecule has 0 atom stereocenters. The van der Waals surface area contributed by atoms with Crippen LogP contribution in [0.5, 0.6) is 0 Å². The Bertz CT molecular complexity index is 436. The molecule has 0 fully saturated rings. The molecular formula is C10H12N2O4S. The Morgan fingerprint density at radius 3 is 2.82 bits per heavy atom. The van der Waals surface area contributed by atoms with Crippen LogP contribution >= 0.6 is 11.8 Å². The molecule has 0 aliphatic heterocycles. The van der Waals surface area contributed by atoms with Gasteiger partial charge < -0.3 is 10.4 Å². The number of carbonyl (C=O) groups excluding carboxylic acids is 1. The normalized spacial score (nSPS) is 10.0. The first-order valence-electron chi connectivity index (χ1n) is 4.84. The van der Waals surface area contributed by atoms with E-state index in [1.165, 1.54) is 25.2 Å². The summed E-state index contributed by atoms with van der Waals surface area (Å²) in [6.45, 7) is -0.0774. The maximum absolute atomic E-state index is 11.4. The van der Waals surface area contributed by atoms with Gasteiger partial charge in [0.2, 0.25) is 0 Å². The fraction of sp³-hybridized carbons (Fsp3) is 0.300. The van der Waals surface area contributed by atoms with Crippen molar-refractivity contribution in [3.8, 4) is 0 Å². The molecule has 6 nitrogen and oxygen atoms in total. The van der Waals surface area contributed by atoms with Gasteiger partial charge in [-0.1, -0.05) is 0 Å². The molecule has 0 aromatic heterocycles. The largest absolute Gasteiger partial charge is 0.396 e. The zero-order valence-corrected chi connectivity index (χ0v) is 9.99. The van der Waals surface area contributed by atoms with Crippen LogP contribution in [0.3, 0.4) is 0 Å². The number of nitrogens with one attached hydrogen (secondary N) is 1. The summed E-state index contributed by atoms with van der Waals surface area (Å²) in [5, 5.41) is 21.9. The van der Waals surface area contributed by atoms with Gasteiger partial charge in [0.1, 0.15) is 0 Å². The molecule has 92 valence electrons. The number of aliphatic hydroxyl groups excluding tert-OH is 1. The molecule has 1 rings (SSSR count). The topological polar surface area (TPSA) is 92.5 Å². The molecule has 7 heteroatoms. The first-order chi connectivity index (χ1) is 8.10. The molecule has 0 bridgehead atoms. The number of benzene rings is 1. The predicted octanol–water partition coefficient (Wildman–Crippen LogP) is 1.04. The number of hydrogen-bond donors (Lipinski definition) is 2. The zero-order chi connectivity index (χ0) is 12.8. The Morgan fingerprint density at radius 2 is 2.29 bits per heavy atom. The van der Waals surface area contributed by atoms with Gasteiger partial charge in [0.25, 0.3) is 11.6 Å². The highest BCUT2D eigenvalue weighted by Crippen LogP contribution is 2.29. The highest BCUT2D eigenvalue weighted by molar-refractivity contribution is 7.99. The van der Waals surface area contributed by atoms with Gasteiger partial charge in [0.15, 0.2) is 0 Å². The highest BCUT2D eigenvalue weighted by Gasteiger charge is 2.16. The van der Waals surface area contributed by atoms with Crippen molar-refractivity contribution in [1.29, 1.82) is 0 Å². The molecule has 0 aliphatic rings. The van der Waals surface area contributed by atoms with E-state index in [1.54, 1.807) is 0 Å². The smallest absolute Gasteiger partial charge is 0.282 e. The Labute approximate surface area is 102 Å². The minimum absolute atomic E-state index is 0.0592. The van der Waals surface area contributed by atoms with Crippen molar-refractivity contribution in [2.24, 2.45) is 0 Å². The Morgan fingerprint density at radius 1 is 1.59 bits per heavy atom. The van der Waals surface area contributed by atoms with Crippen LogP contribution in [0.25, 0.3) is 0 Å². The first-order valence-corrected chi connectivity index (χ1v) is 5.83.